The summed E-state index contributed by atoms with van der Waals surface area (Å²) in [6.07, 6.45) is 0.648. The molecule has 2 aliphatic rings. The Balaban J connectivity index is 1.71. The number of rotatable bonds is 5. The lowest BCUT2D eigenvalue weighted by atomic mass is 10.0. The Morgan fingerprint density at radius 3 is 2.92 bits per heavy atom. The fourth-order valence-electron chi connectivity index (χ4n) is 3.11. The van der Waals surface area contributed by atoms with E-state index in [4.69, 9.17) is 9.47 Å². The van der Waals surface area contributed by atoms with E-state index in [0.29, 0.717) is 31.7 Å². The molecule has 0 saturated carbocycles. The largest absolute Gasteiger partial charge is 0.495 e. The fourth-order valence-corrected chi connectivity index (χ4v) is 3.11. The predicted octanol–water partition coefficient (Wildman–Crippen LogP) is -0.0140. The van der Waals surface area contributed by atoms with Crippen molar-refractivity contribution < 1.29 is 19.4 Å². The highest BCUT2D eigenvalue weighted by Gasteiger charge is 2.31. The molecule has 2 saturated heterocycles. The number of aliphatic hydroxyl groups is 1. The van der Waals surface area contributed by atoms with Crippen molar-refractivity contribution in [2.24, 2.45) is 0 Å². The summed E-state index contributed by atoms with van der Waals surface area (Å²) in [5, 5.41) is 16.3. The first-order valence-corrected chi connectivity index (χ1v) is 8.33. The van der Waals surface area contributed by atoms with E-state index in [2.05, 4.69) is 15.5 Å². The number of hydrogen-bond donors (Lipinski definition) is 3. The average molecular weight is 335 g/mol. The summed E-state index contributed by atoms with van der Waals surface area (Å²) in [7, 11) is 1.63. The molecule has 0 aromatic heterocycles. The molecule has 0 spiro atoms. The maximum absolute atomic E-state index is 12.5. The lowest BCUT2D eigenvalue weighted by molar-refractivity contribution is 0.0562. The number of anilines is 1. The summed E-state index contributed by atoms with van der Waals surface area (Å²) < 4.78 is 10.8. The van der Waals surface area contributed by atoms with Crippen LogP contribution in [0.1, 0.15) is 16.8 Å². The Hall–Kier alpha value is -1.83. The third-order valence-corrected chi connectivity index (χ3v) is 4.59. The number of hydrogen-bond acceptors (Lipinski definition) is 6. The van der Waals surface area contributed by atoms with Crippen molar-refractivity contribution in [3.63, 3.8) is 0 Å². The van der Waals surface area contributed by atoms with Crippen LogP contribution < -0.4 is 20.3 Å². The molecule has 0 bridgehead atoms. The van der Waals surface area contributed by atoms with Crippen molar-refractivity contribution in [3.8, 4) is 5.75 Å². The highest BCUT2D eigenvalue weighted by Crippen LogP contribution is 2.30. The Labute approximate surface area is 141 Å². The van der Waals surface area contributed by atoms with Crippen molar-refractivity contribution in [1.29, 1.82) is 0 Å². The Morgan fingerprint density at radius 2 is 2.25 bits per heavy atom. The number of benzene rings is 1. The van der Waals surface area contributed by atoms with Gasteiger partial charge in [-0.1, -0.05) is 0 Å². The maximum atomic E-state index is 12.5. The van der Waals surface area contributed by atoms with E-state index in [-0.39, 0.29) is 12.5 Å². The van der Waals surface area contributed by atoms with Crippen molar-refractivity contribution in [2.75, 3.05) is 57.9 Å². The van der Waals surface area contributed by atoms with Crippen molar-refractivity contribution in [1.82, 2.24) is 10.6 Å². The van der Waals surface area contributed by atoms with Gasteiger partial charge in [-0.15, -0.1) is 0 Å². The molecule has 1 aromatic carbocycles. The Kier molecular flexibility index (Phi) is 5.23. The van der Waals surface area contributed by atoms with E-state index >= 15 is 0 Å². The maximum Gasteiger partial charge on any atom is 0.251 e. The second-order valence-electron chi connectivity index (χ2n) is 6.32. The van der Waals surface area contributed by atoms with Gasteiger partial charge in [0.05, 0.1) is 31.6 Å². The molecular weight excluding hydrogens is 310 g/mol. The summed E-state index contributed by atoms with van der Waals surface area (Å²) in [6.45, 7) is 4.40. The summed E-state index contributed by atoms with van der Waals surface area (Å²) in [6, 6.07) is 5.40. The number of amides is 1. The molecule has 0 aliphatic carbocycles. The number of β-amino-alcohol motifs (C(OH)–C–C–N with tert-alkyl or cyclic N) is 1. The molecule has 2 fully saturated rings. The SMILES string of the molecule is COc1ccc(C(=O)NCC2(O)CCNC2)cc1N1CCOCC1. The monoisotopic (exact) mass is 335 g/mol. The van der Waals surface area contributed by atoms with Gasteiger partial charge in [-0.3, -0.25) is 4.79 Å². The van der Waals surface area contributed by atoms with Gasteiger partial charge in [-0.2, -0.15) is 0 Å². The standard InChI is InChI=1S/C17H25N3O4/c1-23-15-3-2-13(10-14(15)20-6-8-24-9-7-20)16(21)19-12-17(22)4-5-18-11-17/h2-3,10,18,22H,4-9,11-12H2,1H3,(H,19,21). The zero-order valence-electron chi connectivity index (χ0n) is 14.0. The Morgan fingerprint density at radius 1 is 1.46 bits per heavy atom. The lowest BCUT2D eigenvalue weighted by Crippen LogP contribution is -2.44. The second-order valence-corrected chi connectivity index (χ2v) is 6.32. The highest BCUT2D eigenvalue weighted by atomic mass is 16.5. The minimum absolute atomic E-state index is 0.188. The molecular formula is C17H25N3O4. The van der Waals surface area contributed by atoms with E-state index in [1.165, 1.54) is 0 Å². The zero-order chi connectivity index (χ0) is 17.0. The first-order chi connectivity index (χ1) is 11.6. The van der Waals surface area contributed by atoms with Gasteiger partial charge >= 0.3 is 0 Å². The number of ether oxygens (including phenoxy) is 2. The normalized spacial score (nSPS) is 24.0. The molecule has 1 atom stereocenters. The second kappa shape index (κ2) is 7.38. The number of morpholine rings is 1. The molecule has 1 aromatic rings. The van der Waals surface area contributed by atoms with Gasteiger partial charge in [-0.25, -0.2) is 0 Å². The smallest absolute Gasteiger partial charge is 0.251 e. The molecule has 7 nitrogen and oxygen atoms in total. The van der Waals surface area contributed by atoms with Crippen LogP contribution in [-0.2, 0) is 4.74 Å². The first kappa shape index (κ1) is 17.0. The minimum atomic E-state index is -0.852. The third kappa shape index (κ3) is 3.80. The van der Waals surface area contributed by atoms with Crippen LogP contribution in [0, 0.1) is 0 Å². The number of nitrogens with zero attached hydrogens (tertiary/aromatic N) is 1. The molecule has 1 unspecified atom stereocenters. The van der Waals surface area contributed by atoms with Gasteiger partial charge in [0.15, 0.2) is 0 Å². The lowest BCUT2D eigenvalue weighted by Gasteiger charge is -2.30. The molecule has 0 radical (unpaired) electrons. The van der Waals surface area contributed by atoms with Crippen LogP contribution in [0.2, 0.25) is 0 Å². The van der Waals surface area contributed by atoms with Gasteiger partial charge in [0.1, 0.15) is 5.75 Å². The molecule has 132 valence electrons. The van der Waals surface area contributed by atoms with Gasteiger partial charge in [0.2, 0.25) is 0 Å². The van der Waals surface area contributed by atoms with Gasteiger partial charge in [0.25, 0.3) is 5.91 Å². The van der Waals surface area contributed by atoms with E-state index in [1.54, 1.807) is 13.2 Å². The number of methoxy groups -OCH3 is 1. The van der Waals surface area contributed by atoms with Crippen LogP contribution in [-0.4, -0.2) is 69.7 Å². The molecule has 1 amide bonds. The predicted molar refractivity (Wildman–Crippen MR) is 90.8 cm³/mol. The third-order valence-electron chi connectivity index (χ3n) is 4.59. The quantitative estimate of drug-likeness (QED) is 0.702. The Bertz CT molecular complexity index is 581. The molecule has 3 rings (SSSR count). The summed E-state index contributed by atoms with van der Waals surface area (Å²) in [5.74, 6) is 0.555. The van der Waals surface area contributed by atoms with Crippen molar-refractivity contribution in [2.45, 2.75) is 12.0 Å². The number of carbonyl (C=O) groups excluding carboxylic acids is 1. The molecule has 3 N–H and O–H groups in total. The van der Waals surface area contributed by atoms with Crippen LogP contribution in [0.25, 0.3) is 0 Å². The molecule has 7 heteroatoms. The first-order valence-electron chi connectivity index (χ1n) is 8.33. The number of nitrogens with one attached hydrogen (secondary N) is 2. The van der Waals surface area contributed by atoms with E-state index in [0.717, 1.165) is 31.1 Å². The van der Waals surface area contributed by atoms with Crippen LogP contribution in [0.3, 0.4) is 0 Å². The molecule has 24 heavy (non-hydrogen) atoms. The van der Waals surface area contributed by atoms with Gasteiger partial charge < -0.3 is 30.1 Å². The summed E-state index contributed by atoms with van der Waals surface area (Å²) in [5.41, 5.74) is 0.608. The van der Waals surface area contributed by atoms with E-state index in [9.17, 15) is 9.90 Å². The van der Waals surface area contributed by atoms with Gasteiger partial charge in [0, 0.05) is 31.7 Å². The van der Waals surface area contributed by atoms with Crippen LogP contribution in [0.5, 0.6) is 5.75 Å². The average Bonchev–Trinajstić information content (AvgIpc) is 3.07. The highest BCUT2D eigenvalue weighted by molar-refractivity contribution is 5.95. The zero-order valence-corrected chi connectivity index (χ0v) is 14.0. The van der Waals surface area contributed by atoms with E-state index < -0.39 is 5.60 Å². The van der Waals surface area contributed by atoms with Crippen molar-refractivity contribution >= 4 is 11.6 Å². The van der Waals surface area contributed by atoms with E-state index in [1.807, 2.05) is 12.1 Å². The van der Waals surface area contributed by atoms with Gasteiger partial charge in [-0.05, 0) is 31.2 Å². The summed E-state index contributed by atoms with van der Waals surface area (Å²) in [4.78, 5) is 14.6. The number of carbonyl (C=O) groups is 1. The molecule has 2 heterocycles. The molecule has 2 aliphatic heterocycles. The topological polar surface area (TPSA) is 83.1 Å². The van der Waals surface area contributed by atoms with Crippen LogP contribution >= 0.6 is 0 Å². The van der Waals surface area contributed by atoms with Crippen LogP contribution in [0.15, 0.2) is 18.2 Å². The van der Waals surface area contributed by atoms with Crippen molar-refractivity contribution in [3.05, 3.63) is 23.8 Å². The van der Waals surface area contributed by atoms with Crippen LogP contribution in [0.4, 0.5) is 5.69 Å². The summed E-state index contributed by atoms with van der Waals surface area (Å²) >= 11 is 0. The minimum Gasteiger partial charge on any atom is -0.495 e. The fraction of sp³-hybridized carbons (Fsp3) is 0.588.